The first-order valence-corrected chi connectivity index (χ1v) is 2.37. The van der Waals surface area contributed by atoms with Crippen LogP contribution >= 0.6 is 0 Å². The molecule has 3 heteroatoms. The Balaban J connectivity index is 3.59. The van der Waals surface area contributed by atoms with Crippen LogP contribution in [0.15, 0.2) is 0 Å². The Morgan fingerprint density at radius 3 is 2.38 bits per heavy atom. The molecular weight excluding hydrogens is 106 g/mol. The van der Waals surface area contributed by atoms with Crippen molar-refractivity contribution >= 4 is 0 Å². The fraction of sp³-hybridized carbons (Fsp3) is 0.800. The number of nitrogens with zero attached hydrogens (tertiary/aromatic N) is 1. The monoisotopic (exact) mass is 115 g/mol. The molecule has 0 aromatic rings. The van der Waals surface area contributed by atoms with E-state index in [2.05, 4.69) is 0 Å². The second-order valence-electron chi connectivity index (χ2n) is 1.86. The van der Waals surface area contributed by atoms with E-state index in [-0.39, 0.29) is 13.0 Å². The summed E-state index contributed by atoms with van der Waals surface area (Å²) < 4.78 is 0. The van der Waals surface area contributed by atoms with Crippen molar-refractivity contribution in [2.24, 2.45) is 0 Å². The topological polar surface area (TPSA) is 64.2 Å². The maximum atomic E-state index is 8.80. The average Bonchev–Trinajstić information content (AvgIpc) is 1.67. The molecule has 1 atom stereocenters. The van der Waals surface area contributed by atoms with Crippen molar-refractivity contribution in [1.29, 1.82) is 5.26 Å². The third-order valence-corrected chi connectivity index (χ3v) is 0.839. The SMILES string of the molecule is CC(O)(C#N)CCO. The molecule has 46 valence electrons. The van der Waals surface area contributed by atoms with Crippen LogP contribution in [0.25, 0.3) is 0 Å². The Bertz CT molecular complexity index is 103. The predicted octanol–water partition coefficient (Wildman–Crippen LogP) is -0.357. The minimum Gasteiger partial charge on any atom is -0.396 e. The van der Waals surface area contributed by atoms with E-state index in [0.29, 0.717) is 0 Å². The van der Waals surface area contributed by atoms with Crippen LogP contribution in [0.2, 0.25) is 0 Å². The number of hydrogen-bond acceptors (Lipinski definition) is 3. The van der Waals surface area contributed by atoms with Gasteiger partial charge in [0.1, 0.15) is 5.60 Å². The average molecular weight is 115 g/mol. The van der Waals surface area contributed by atoms with Crippen molar-refractivity contribution in [1.82, 2.24) is 0 Å². The zero-order chi connectivity index (χ0) is 6.62. The number of aliphatic hydroxyl groups is 2. The van der Waals surface area contributed by atoms with Crippen molar-refractivity contribution in [3.8, 4) is 6.07 Å². The van der Waals surface area contributed by atoms with Crippen molar-refractivity contribution in [2.45, 2.75) is 18.9 Å². The van der Waals surface area contributed by atoms with Gasteiger partial charge < -0.3 is 10.2 Å². The largest absolute Gasteiger partial charge is 0.396 e. The van der Waals surface area contributed by atoms with E-state index in [4.69, 9.17) is 15.5 Å². The van der Waals surface area contributed by atoms with Crippen LogP contribution in [0.4, 0.5) is 0 Å². The van der Waals surface area contributed by atoms with Gasteiger partial charge in [-0.1, -0.05) is 0 Å². The molecule has 0 aliphatic rings. The highest BCUT2D eigenvalue weighted by Crippen LogP contribution is 2.04. The lowest BCUT2D eigenvalue weighted by Gasteiger charge is -2.09. The number of rotatable bonds is 2. The van der Waals surface area contributed by atoms with E-state index in [0.717, 1.165) is 0 Å². The molecule has 0 aliphatic heterocycles. The van der Waals surface area contributed by atoms with Crippen LogP contribution in [-0.4, -0.2) is 22.4 Å². The zero-order valence-corrected chi connectivity index (χ0v) is 4.76. The highest BCUT2D eigenvalue weighted by Gasteiger charge is 2.16. The van der Waals surface area contributed by atoms with Crippen molar-refractivity contribution in [2.75, 3.05) is 6.61 Å². The summed E-state index contributed by atoms with van der Waals surface area (Å²) in [5.41, 5.74) is -1.35. The molecule has 0 aliphatic carbocycles. The van der Waals surface area contributed by atoms with Gasteiger partial charge in [-0.3, -0.25) is 0 Å². The van der Waals surface area contributed by atoms with Gasteiger partial charge in [0.25, 0.3) is 0 Å². The third-order valence-electron chi connectivity index (χ3n) is 0.839. The van der Waals surface area contributed by atoms with Gasteiger partial charge in [0, 0.05) is 13.0 Å². The van der Waals surface area contributed by atoms with Gasteiger partial charge in [-0.05, 0) is 6.92 Å². The van der Waals surface area contributed by atoms with E-state index >= 15 is 0 Å². The lowest BCUT2D eigenvalue weighted by molar-refractivity contribution is 0.0857. The van der Waals surface area contributed by atoms with Crippen LogP contribution < -0.4 is 0 Å². The smallest absolute Gasteiger partial charge is 0.150 e. The minimum absolute atomic E-state index is 0.115. The molecule has 0 aromatic heterocycles. The molecule has 0 fully saturated rings. The second kappa shape index (κ2) is 2.65. The zero-order valence-electron chi connectivity index (χ0n) is 4.76. The maximum absolute atomic E-state index is 8.80. The molecule has 0 saturated heterocycles. The lowest BCUT2D eigenvalue weighted by atomic mass is 10.1. The molecule has 3 nitrogen and oxygen atoms in total. The van der Waals surface area contributed by atoms with Crippen molar-refractivity contribution in [3.05, 3.63) is 0 Å². The van der Waals surface area contributed by atoms with E-state index in [1.165, 1.54) is 6.92 Å². The van der Waals surface area contributed by atoms with Crippen LogP contribution in [-0.2, 0) is 0 Å². The predicted molar refractivity (Wildman–Crippen MR) is 27.9 cm³/mol. The van der Waals surface area contributed by atoms with Gasteiger partial charge in [-0.25, -0.2) is 0 Å². The van der Waals surface area contributed by atoms with E-state index in [1.807, 2.05) is 0 Å². The van der Waals surface area contributed by atoms with Gasteiger partial charge in [-0.15, -0.1) is 0 Å². The summed E-state index contributed by atoms with van der Waals surface area (Å²) in [7, 11) is 0. The summed E-state index contributed by atoms with van der Waals surface area (Å²) in [6.07, 6.45) is 0.115. The lowest BCUT2D eigenvalue weighted by Crippen LogP contribution is -2.22. The first kappa shape index (κ1) is 7.41. The van der Waals surface area contributed by atoms with Gasteiger partial charge in [0.2, 0.25) is 0 Å². The molecule has 0 radical (unpaired) electrons. The summed E-state index contributed by atoms with van der Waals surface area (Å²) in [5, 5.41) is 25.1. The Morgan fingerprint density at radius 2 is 2.25 bits per heavy atom. The fourth-order valence-electron chi connectivity index (χ4n) is 0.274. The fourth-order valence-corrected chi connectivity index (χ4v) is 0.274. The Hall–Kier alpha value is -0.590. The minimum atomic E-state index is -1.35. The maximum Gasteiger partial charge on any atom is 0.150 e. The molecule has 0 aromatic carbocycles. The van der Waals surface area contributed by atoms with Crippen LogP contribution in [0.3, 0.4) is 0 Å². The summed E-state index contributed by atoms with van der Waals surface area (Å²) in [6.45, 7) is 1.21. The quantitative estimate of drug-likeness (QED) is 0.483. The van der Waals surface area contributed by atoms with E-state index in [9.17, 15) is 0 Å². The summed E-state index contributed by atoms with van der Waals surface area (Å²) in [5.74, 6) is 0. The number of nitriles is 1. The van der Waals surface area contributed by atoms with Gasteiger partial charge in [0.15, 0.2) is 0 Å². The molecule has 1 unspecified atom stereocenters. The summed E-state index contributed by atoms with van der Waals surface area (Å²) >= 11 is 0. The number of hydrogen-bond donors (Lipinski definition) is 2. The van der Waals surface area contributed by atoms with Crippen LogP contribution in [0, 0.1) is 11.3 Å². The van der Waals surface area contributed by atoms with Gasteiger partial charge in [0.05, 0.1) is 6.07 Å². The van der Waals surface area contributed by atoms with Crippen LogP contribution in [0.1, 0.15) is 13.3 Å². The van der Waals surface area contributed by atoms with Crippen LogP contribution in [0.5, 0.6) is 0 Å². The Kier molecular flexibility index (Phi) is 2.46. The third kappa shape index (κ3) is 2.56. The normalized spacial score (nSPS) is 16.8. The van der Waals surface area contributed by atoms with E-state index < -0.39 is 5.60 Å². The molecule has 0 saturated carbocycles. The Morgan fingerprint density at radius 1 is 1.75 bits per heavy atom. The van der Waals surface area contributed by atoms with Gasteiger partial charge >= 0.3 is 0 Å². The number of aliphatic hydroxyl groups excluding tert-OH is 1. The first-order valence-electron chi connectivity index (χ1n) is 2.37. The van der Waals surface area contributed by atoms with Crippen molar-refractivity contribution < 1.29 is 10.2 Å². The molecule has 8 heavy (non-hydrogen) atoms. The van der Waals surface area contributed by atoms with Gasteiger partial charge in [-0.2, -0.15) is 5.26 Å². The summed E-state index contributed by atoms with van der Waals surface area (Å²) in [4.78, 5) is 0. The molecule has 0 spiro atoms. The first-order chi connectivity index (χ1) is 3.62. The molecular formula is C5H9NO2. The highest BCUT2D eigenvalue weighted by molar-refractivity contribution is 4.95. The summed E-state index contributed by atoms with van der Waals surface area (Å²) in [6, 6.07) is 1.64. The van der Waals surface area contributed by atoms with E-state index in [1.54, 1.807) is 6.07 Å². The highest BCUT2D eigenvalue weighted by atomic mass is 16.3. The Labute approximate surface area is 48.2 Å². The molecule has 0 bridgehead atoms. The molecule has 0 heterocycles. The molecule has 2 N–H and O–H groups in total. The standard InChI is InChI=1S/C5H9NO2/c1-5(8,4-6)2-3-7/h7-8H,2-3H2,1H3. The van der Waals surface area contributed by atoms with Crippen molar-refractivity contribution in [3.63, 3.8) is 0 Å². The second-order valence-corrected chi connectivity index (χ2v) is 1.86. The molecule has 0 rings (SSSR count). The molecule has 0 amide bonds.